The number of aliphatic carboxylic acids is 1. The van der Waals surface area contributed by atoms with E-state index in [4.69, 9.17) is 15.6 Å². The Morgan fingerprint density at radius 3 is 3.00 bits per heavy atom. The van der Waals surface area contributed by atoms with Gasteiger partial charge in [-0.3, -0.25) is 4.79 Å². The van der Waals surface area contributed by atoms with Crippen LogP contribution in [0.3, 0.4) is 0 Å². The van der Waals surface area contributed by atoms with E-state index in [1.54, 1.807) is 0 Å². The monoisotopic (exact) mass is 187 g/mol. The Labute approximate surface area is 78.1 Å². The van der Waals surface area contributed by atoms with Crippen molar-refractivity contribution in [1.82, 2.24) is 0 Å². The average Bonchev–Trinajstić information content (AvgIpc) is 2.56. The van der Waals surface area contributed by atoms with Crippen LogP contribution in [-0.4, -0.2) is 29.8 Å². The van der Waals surface area contributed by atoms with Crippen molar-refractivity contribution in [3.63, 3.8) is 0 Å². The molecule has 1 rings (SSSR count). The van der Waals surface area contributed by atoms with Crippen LogP contribution < -0.4 is 5.73 Å². The van der Waals surface area contributed by atoms with E-state index < -0.39 is 12.0 Å². The minimum absolute atomic E-state index is 0.348. The van der Waals surface area contributed by atoms with Crippen molar-refractivity contribution in [2.24, 2.45) is 5.73 Å². The zero-order chi connectivity index (χ0) is 9.68. The predicted octanol–water partition coefficient (Wildman–Crippen LogP) is 0.748. The molecule has 3 N–H and O–H groups in total. The molecule has 13 heavy (non-hydrogen) atoms. The second-order valence-electron chi connectivity index (χ2n) is 3.51. The fourth-order valence-corrected chi connectivity index (χ4v) is 1.56. The Balaban J connectivity index is 2.02. The van der Waals surface area contributed by atoms with Crippen LogP contribution in [0.2, 0.25) is 0 Å². The summed E-state index contributed by atoms with van der Waals surface area (Å²) in [6.45, 7) is 0.857. The molecule has 0 amide bonds. The predicted molar refractivity (Wildman–Crippen MR) is 48.4 cm³/mol. The third kappa shape index (κ3) is 3.74. The molecular formula is C9H17NO3. The maximum Gasteiger partial charge on any atom is 0.320 e. The molecule has 1 unspecified atom stereocenters. The first-order valence-electron chi connectivity index (χ1n) is 4.80. The number of carboxylic acids is 1. The molecule has 4 heteroatoms. The molecule has 0 aromatic carbocycles. The topological polar surface area (TPSA) is 72.5 Å². The Hall–Kier alpha value is -0.610. The van der Waals surface area contributed by atoms with E-state index in [1.807, 2.05) is 0 Å². The molecule has 1 heterocycles. The van der Waals surface area contributed by atoms with Crippen molar-refractivity contribution < 1.29 is 14.6 Å². The van der Waals surface area contributed by atoms with Crippen molar-refractivity contribution in [3.05, 3.63) is 0 Å². The third-order valence-electron chi connectivity index (χ3n) is 2.38. The van der Waals surface area contributed by atoms with E-state index in [1.165, 1.54) is 0 Å². The van der Waals surface area contributed by atoms with Gasteiger partial charge in [-0.15, -0.1) is 0 Å². The second kappa shape index (κ2) is 5.19. The van der Waals surface area contributed by atoms with Crippen molar-refractivity contribution in [3.8, 4) is 0 Å². The minimum Gasteiger partial charge on any atom is -0.480 e. The highest BCUT2D eigenvalue weighted by Gasteiger charge is 2.16. The molecule has 1 aliphatic heterocycles. The lowest BCUT2D eigenvalue weighted by Gasteiger charge is -2.10. The van der Waals surface area contributed by atoms with Gasteiger partial charge in [0, 0.05) is 6.61 Å². The van der Waals surface area contributed by atoms with E-state index in [9.17, 15) is 4.79 Å². The van der Waals surface area contributed by atoms with Gasteiger partial charge in [0.25, 0.3) is 0 Å². The van der Waals surface area contributed by atoms with E-state index >= 15 is 0 Å². The van der Waals surface area contributed by atoms with Crippen LogP contribution >= 0.6 is 0 Å². The SMILES string of the molecule is N[C@@H](CCCC1CCCO1)C(=O)O. The Morgan fingerprint density at radius 1 is 1.69 bits per heavy atom. The van der Waals surface area contributed by atoms with Gasteiger partial charge < -0.3 is 15.6 Å². The molecule has 0 spiro atoms. The summed E-state index contributed by atoms with van der Waals surface area (Å²) < 4.78 is 5.41. The lowest BCUT2D eigenvalue weighted by Crippen LogP contribution is -2.30. The van der Waals surface area contributed by atoms with Crippen LogP contribution in [0.15, 0.2) is 0 Å². The molecular weight excluding hydrogens is 170 g/mol. The number of hydrogen-bond donors (Lipinski definition) is 2. The number of hydrogen-bond acceptors (Lipinski definition) is 3. The smallest absolute Gasteiger partial charge is 0.320 e. The van der Waals surface area contributed by atoms with E-state index in [0.717, 1.165) is 32.3 Å². The summed E-state index contributed by atoms with van der Waals surface area (Å²) in [6.07, 6.45) is 4.94. The summed E-state index contributed by atoms with van der Waals surface area (Å²) in [6, 6.07) is -0.707. The van der Waals surface area contributed by atoms with E-state index in [0.29, 0.717) is 12.5 Å². The molecule has 0 bridgehead atoms. The van der Waals surface area contributed by atoms with Gasteiger partial charge in [0.2, 0.25) is 0 Å². The summed E-state index contributed by atoms with van der Waals surface area (Å²) in [5.74, 6) is -0.910. The first-order valence-corrected chi connectivity index (χ1v) is 4.80. The van der Waals surface area contributed by atoms with Gasteiger partial charge in [-0.2, -0.15) is 0 Å². The summed E-state index contributed by atoms with van der Waals surface area (Å²) in [5.41, 5.74) is 5.36. The van der Waals surface area contributed by atoms with Gasteiger partial charge in [-0.1, -0.05) is 0 Å². The van der Waals surface area contributed by atoms with Gasteiger partial charge in [0.05, 0.1) is 6.10 Å². The normalized spacial score (nSPS) is 24.5. The fourth-order valence-electron chi connectivity index (χ4n) is 1.56. The van der Waals surface area contributed by atoms with Gasteiger partial charge >= 0.3 is 5.97 Å². The zero-order valence-electron chi connectivity index (χ0n) is 7.74. The Bertz CT molecular complexity index is 166. The maximum absolute atomic E-state index is 10.4. The second-order valence-corrected chi connectivity index (χ2v) is 3.51. The molecule has 1 aliphatic rings. The molecule has 0 aromatic heterocycles. The molecule has 2 atom stereocenters. The van der Waals surface area contributed by atoms with E-state index in [2.05, 4.69) is 0 Å². The van der Waals surface area contributed by atoms with Crippen LogP contribution in [0.1, 0.15) is 32.1 Å². The van der Waals surface area contributed by atoms with Crippen LogP contribution in [-0.2, 0) is 9.53 Å². The summed E-state index contributed by atoms with van der Waals surface area (Å²) in [7, 11) is 0. The van der Waals surface area contributed by atoms with E-state index in [-0.39, 0.29) is 0 Å². The van der Waals surface area contributed by atoms with Crippen LogP contribution in [0.5, 0.6) is 0 Å². The highest BCUT2D eigenvalue weighted by Crippen LogP contribution is 2.17. The van der Waals surface area contributed by atoms with Crippen LogP contribution in [0.4, 0.5) is 0 Å². The fraction of sp³-hybridized carbons (Fsp3) is 0.889. The van der Waals surface area contributed by atoms with Crippen LogP contribution in [0.25, 0.3) is 0 Å². The largest absolute Gasteiger partial charge is 0.480 e. The first kappa shape index (κ1) is 10.5. The first-order chi connectivity index (χ1) is 6.20. The number of nitrogens with two attached hydrogens (primary N) is 1. The van der Waals surface area contributed by atoms with Crippen LogP contribution in [0, 0.1) is 0 Å². The molecule has 0 saturated carbocycles. The quantitative estimate of drug-likeness (QED) is 0.666. The maximum atomic E-state index is 10.4. The van der Waals surface area contributed by atoms with Crippen molar-refractivity contribution in [1.29, 1.82) is 0 Å². The lowest BCUT2D eigenvalue weighted by atomic mass is 10.1. The standard InChI is InChI=1S/C9H17NO3/c10-8(9(11)12)5-1-3-7-4-2-6-13-7/h7-8H,1-6,10H2,(H,11,12)/t7?,8-/m0/s1. The number of carboxylic acid groups (broad SMARTS) is 1. The number of ether oxygens (including phenoxy) is 1. The third-order valence-corrected chi connectivity index (χ3v) is 2.38. The Kier molecular flexibility index (Phi) is 4.18. The molecule has 0 aliphatic carbocycles. The van der Waals surface area contributed by atoms with Gasteiger partial charge in [-0.05, 0) is 32.1 Å². The van der Waals surface area contributed by atoms with Crippen molar-refractivity contribution in [2.45, 2.75) is 44.2 Å². The molecule has 4 nitrogen and oxygen atoms in total. The Morgan fingerprint density at radius 2 is 2.46 bits per heavy atom. The molecule has 0 aromatic rings. The zero-order valence-corrected chi connectivity index (χ0v) is 7.74. The van der Waals surface area contributed by atoms with Crippen molar-refractivity contribution in [2.75, 3.05) is 6.61 Å². The summed E-state index contributed by atoms with van der Waals surface area (Å²) in [4.78, 5) is 10.4. The van der Waals surface area contributed by atoms with Gasteiger partial charge in [0.1, 0.15) is 6.04 Å². The molecule has 1 fully saturated rings. The summed E-state index contributed by atoms with van der Waals surface area (Å²) in [5, 5.41) is 8.52. The molecule has 1 saturated heterocycles. The lowest BCUT2D eigenvalue weighted by molar-refractivity contribution is -0.138. The minimum atomic E-state index is -0.910. The number of rotatable bonds is 5. The van der Waals surface area contributed by atoms with Gasteiger partial charge in [0.15, 0.2) is 0 Å². The highest BCUT2D eigenvalue weighted by atomic mass is 16.5. The summed E-state index contributed by atoms with van der Waals surface area (Å²) >= 11 is 0. The molecule has 0 radical (unpaired) electrons. The van der Waals surface area contributed by atoms with Crippen molar-refractivity contribution >= 4 is 5.97 Å². The van der Waals surface area contributed by atoms with Gasteiger partial charge in [-0.25, -0.2) is 0 Å². The highest BCUT2D eigenvalue weighted by molar-refractivity contribution is 5.72. The number of carbonyl (C=O) groups is 1. The average molecular weight is 187 g/mol. The molecule has 76 valence electrons.